The zero-order chi connectivity index (χ0) is 15.2. The molecule has 21 heavy (non-hydrogen) atoms. The monoisotopic (exact) mass is 294 g/mol. The summed E-state index contributed by atoms with van der Waals surface area (Å²) in [6, 6.07) is 12.0. The number of hydrogen-bond donors (Lipinski definition) is 0. The van der Waals surface area contributed by atoms with Gasteiger partial charge in [0.05, 0.1) is 7.11 Å². The smallest absolute Gasteiger partial charge is 0.387 e. The van der Waals surface area contributed by atoms with Crippen molar-refractivity contribution >= 4 is 0 Å². The molecular weight excluding hydrogens is 278 g/mol. The highest BCUT2D eigenvalue weighted by atomic mass is 19.3. The molecule has 0 fully saturated rings. The van der Waals surface area contributed by atoms with E-state index < -0.39 is 6.61 Å². The van der Waals surface area contributed by atoms with Gasteiger partial charge in [0.1, 0.15) is 12.4 Å². The highest BCUT2D eigenvalue weighted by Gasteiger charge is 2.11. The molecule has 0 aromatic heterocycles. The fourth-order valence-electron chi connectivity index (χ4n) is 1.88. The summed E-state index contributed by atoms with van der Waals surface area (Å²) in [5.41, 5.74) is 1.58. The van der Waals surface area contributed by atoms with Crippen molar-refractivity contribution in [2.24, 2.45) is 0 Å². The van der Waals surface area contributed by atoms with Gasteiger partial charge in [-0.05, 0) is 30.7 Å². The van der Waals surface area contributed by atoms with Gasteiger partial charge < -0.3 is 14.2 Å². The molecule has 2 rings (SSSR count). The van der Waals surface area contributed by atoms with Crippen molar-refractivity contribution in [3.05, 3.63) is 53.6 Å². The standard InChI is InChI=1S/C16H16F2O3/c1-11-7-8-14(15(9-11)19-2)20-10-12-5-3-4-6-13(12)21-16(17)18/h3-9,16H,10H2,1-2H3. The molecule has 0 atom stereocenters. The molecule has 0 aliphatic rings. The summed E-state index contributed by atoms with van der Waals surface area (Å²) in [6.45, 7) is -0.805. The Morgan fingerprint density at radius 3 is 2.48 bits per heavy atom. The second kappa shape index (κ2) is 6.92. The van der Waals surface area contributed by atoms with Crippen molar-refractivity contribution < 1.29 is 23.0 Å². The van der Waals surface area contributed by atoms with Crippen LogP contribution in [0.4, 0.5) is 8.78 Å². The summed E-state index contributed by atoms with van der Waals surface area (Å²) >= 11 is 0. The quantitative estimate of drug-likeness (QED) is 0.799. The van der Waals surface area contributed by atoms with Crippen LogP contribution in [0.25, 0.3) is 0 Å². The summed E-state index contributed by atoms with van der Waals surface area (Å²) in [5.74, 6) is 1.26. The van der Waals surface area contributed by atoms with Crippen LogP contribution >= 0.6 is 0 Å². The molecule has 0 N–H and O–H groups in total. The molecule has 0 spiro atoms. The number of methoxy groups -OCH3 is 1. The van der Waals surface area contributed by atoms with Gasteiger partial charge in [-0.25, -0.2) is 0 Å². The Morgan fingerprint density at radius 2 is 1.76 bits per heavy atom. The van der Waals surface area contributed by atoms with Crippen molar-refractivity contribution in [3.8, 4) is 17.2 Å². The lowest BCUT2D eigenvalue weighted by molar-refractivity contribution is -0.0508. The third-order valence-corrected chi connectivity index (χ3v) is 2.89. The van der Waals surface area contributed by atoms with Crippen LogP contribution in [0, 0.1) is 6.92 Å². The topological polar surface area (TPSA) is 27.7 Å². The molecule has 0 heterocycles. The van der Waals surface area contributed by atoms with Crippen LogP contribution in [-0.2, 0) is 6.61 Å². The Morgan fingerprint density at radius 1 is 1.00 bits per heavy atom. The van der Waals surface area contributed by atoms with E-state index in [-0.39, 0.29) is 12.4 Å². The number of halogens is 2. The predicted octanol–water partition coefficient (Wildman–Crippen LogP) is 4.18. The SMILES string of the molecule is COc1cc(C)ccc1OCc1ccccc1OC(F)F. The second-order valence-corrected chi connectivity index (χ2v) is 4.43. The fraction of sp³-hybridized carbons (Fsp3) is 0.250. The van der Waals surface area contributed by atoms with Gasteiger partial charge in [-0.2, -0.15) is 8.78 Å². The van der Waals surface area contributed by atoms with Gasteiger partial charge in [0.25, 0.3) is 0 Å². The molecule has 3 nitrogen and oxygen atoms in total. The summed E-state index contributed by atoms with van der Waals surface area (Å²) in [7, 11) is 1.55. The minimum atomic E-state index is -2.86. The van der Waals surface area contributed by atoms with E-state index in [1.165, 1.54) is 6.07 Å². The molecule has 0 aliphatic heterocycles. The van der Waals surface area contributed by atoms with Crippen LogP contribution in [0.3, 0.4) is 0 Å². The number of ether oxygens (including phenoxy) is 3. The first kappa shape index (κ1) is 15.1. The van der Waals surface area contributed by atoms with Crippen LogP contribution < -0.4 is 14.2 Å². The zero-order valence-corrected chi connectivity index (χ0v) is 11.8. The second-order valence-electron chi connectivity index (χ2n) is 4.43. The molecule has 0 aliphatic carbocycles. The zero-order valence-electron chi connectivity index (χ0n) is 11.8. The van der Waals surface area contributed by atoms with E-state index in [1.807, 2.05) is 19.1 Å². The third kappa shape index (κ3) is 4.08. The van der Waals surface area contributed by atoms with E-state index in [2.05, 4.69) is 4.74 Å². The average molecular weight is 294 g/mol. The number of aryl methyl sites for hydroxylation is 1. The lowest BCUT2D eigenvalue weighted by Crippen LogP contribution is -2.06. The van der Waals surface area contributed by atoms with E-state index >= 15 is 0 Å². The Labute approximate surface area is 122 Å². The van der Waals surface area contributed by atoms with Gasteiger partial charge in [-0.1, -0.05) is 24.3 Å². The average Bonchev–Trinajstić information content (AvgIpc) is 2.46. The molecule has 2 aromatic rings. The van der Waals surface area contributed by atoms with Gasteiger partial charge in [0, 0.05) is 5.56 Å². The summed E-state index contributed by atoms with van der Waals surface area (Å²) in [6.07, 6.45) is 0. The number of para-hydroxylation sites is 1. The minimum Gasteiger partial charge on any atom is -0.493 e. The summed E-state index contributed by atoms with van der Waals surface area (Å²) < 4.78 is 40.0. The first-order valence-electron chi connectivity index (χ1n) is 6.40. The maximum Gasteiger partial charge on any atom is 0.387 e. The van der Waals surface area contributed by atoms with Crippen molar-refractivity contribution in [1.29, 1.82) is 0 Å². The van der Waals surface area contributed by atoms with Gasteiger partial charge in [-0.3, -0.25) is 0 Å². The van der Waals surface area contributed by atoms with Crippen molar-refractivity contribution in [2.75, 3.05) is 7.11 Å². The molecule has 2 aromatic carbocycles. The molecule has 0 unspecified atom stereocenters. The van der Waals surface area contributed by atoms with Crippen LogP contribution in [-0.4, -0.2) is 13.7 Å². The van der Waals surface area contributed by atoms with E-state index in [4.69, 9.17) is 9.47 Å². The molecule has 5 heteroatoms. The Balaban J connectivity index is 2.13. The highest BCUT2D eigenvalue weighted by Crippen LogP contribution is 2.29. The van der Waals surface area contributed by atoms with E-state index in [0.717, 1.165) is 5.56 Å². The summed E-state index contributed by atoms with van der Waals surface area (Å²) in [5, 5.41) is 0. The van der Waals surface area contributed by atoms with Gasteiger partial charge in [-0.15, -0.1) is 0 Å². The van der Waals surface area contributed by atoms with Crippen molar-refractivity contribution in [1.82, 2.24) is 0 Å². The Kier molecular flexibility index (Phi) is 4.98. The highest BCUT2D eigenvalue weighted by molar-refractivity contribution is 5.43. The van der Waals surface area contributed by atoms with Gasteiger partial charge in [0.15, 0.2) is 11.5 Å². The Hall–Kier alpha value is -2.30. The number of rotatable bonds is 6. The van der Waals surface area contributed by atoms with Crippen LogP contribution in [0.15, 0.2) is 42.5 Å². The van der Waals surface area contributed by atoms with Gasteiger partial charge >= 0.3 is 6.61 Å². The molecule has 0 saturated heterocycles. The molecular formula is C16H16F2O3. The first-order valence-corrected chi connectivity index (χ1v) is 6.40. The molecule has 0 bridgehead atoms. The normalized spacial score (nSPS) is 10.5. The molecule has 0 saturated carbocycles. The van der Waals surface area contributed by atoms with E-state index in [1.54, 1.807) is 31.4 Å². The molecule has 112 valence electrons. The maximum atomic E-state index is 12.3. The summed E-state index contributed by atoms with van der Waals surface area (Å²) in [4.78, 5) is 0. The van der Waals surface area contributed by atoms with E-state index in [9.17, 15) is 8.78 Å². The number of benzene rings is 2. The lowest BCUT2D eigenvalue weighted by Gasteiger charge is -2.14. The third-order valence-electron chi connectivity index (χ3n) is 2.89. The van der Waals surface area contributed by atoms with Crippen LogP contribution in [0.5, 0.6) is 17.2 Å². The van der Waals surface area contributed by atoms with Gasteiger partial charge in [0.2, 0.25) is 0 Å². The van der Waals surface area contributed by atoms with Crippen LogP contribution in [0.2, 0.25) is 0 Å². The van der Waals surface area contributed by atoms with Crippen LogP contribution in [0.1, 0.15) is 11.1 Å². The lowest BCUT2D eigenvalue weighted by atomic mass is 10.2. The van der Waals surface area contributed by atoms with Crippen molar-refractivity contribution in [3.63, 3.8) is 0 Å². The number of alkyl halides is 2. The largest absolute Gasteiger partial charge is 0.493 e. The van der Waals surface area contributed by atoms with Crippen molar-refractivity contribution in [2.45, 2.75) is 20.1 Å². The first-order chi connectivity index (χ1) is 10.1. The maximum absolute atomic E-state index is 12.3. The van der Waals surface area contributed by atoms with E-state index in [0.29, 0.717) is 17.1 Å². The molecule has 0 amide bonds. The number of hydrogen-bond acceptors (Lipinski definition) is 3. The fourth-order valence-corrected chi connectivity index (χ4v) is 1.88. The molecule has 0 radical (unpaired) electrons. The Bertz CT molecular complexity index is 600. The predicted molar refractivity (Wildman–Crippen MR) is 75.1 cm³/mol. The minimum absolute atomic E-state index is 0.110.